The Balaban J connectivity index is 1.26. The number of fused-ring (bicyclic) bond motifs is 1. The van der Waals surface area contributed by atoms with Gasteiger partial charge in [-0.2, -0.15) is 0 Å². The van der Waals surface area contributed by atoms with E-state index >= 15 is 0 Å². The van der Waals surface area contributed by atoms with E-state index in [0.717, 1.165) is 27.2 Å². The molecule has 4 aromatic carbocycles. The van der Waals surface area contributed by atoms with Crippen molar-refractivity contribution in [3.8, 4) is 21.9 Å². The second-order valence-corrected chi connectivity index (χ2v) is 17.2. The predicted molar refractivity (Wildman–Crippen MR) is 224 cm³/mol. The summed E-state index contributed by atoms with van der Waals surface area (Å²) < 4.78 is 38.2. The maximum absolute atomic E-state index is 14.6. The van der Waals surface area contributed by atoms with Crippen LogP contribution >= 0.6 is 32.9 Å². The van der Waals surface area contributed by atoms with Gasteiger partial charge < -0.3 is 24.5 Å². The number of carbonyl (C=O) groups is 3. The first-order chi connectivity index (χ1) is 28.6. The number of carbonyl (C=O) groups excluding carboxylic acids is 3. The number of ether oxygens (including phenoxy) is 2. The standard InChI is InChI=1S/C40H30FN3O12S4/c1-22-31(15-23-3-11-29(12-4-23)60(2)52)30-13-7-25(41)16-33(30)32(22)19-37(45)42-26-8-14-35(55-38(46)18-28(56-44(50)51)21-53-43(48)49)34(17-26)40(47)54-27-9-5-24(6-10-27)36-20-39(57)59-58-36/h3-17,20,28H,18-19,21H2,1-2H3,(H,42,45)/b31-15-. The van der Waals surface area contributed by atoms with Crippen molar-refractivity contribution in [1.82, 2.24) is 0 Å². The summed E-state index contributed by atoms with van der Waals surface area (Å²) in [4.78, 5) is 71.9. The number of nitrogens with zero attached hydrogens (tertiary/aromatic N) is 2. The van der Waals surface area contributed by atoms with Crippen LogP contribution in [0.15, 0.2) is 101 Å². The number of hydrogen-bond donors (Lipinski definition) is 1. The Kier molecular flexibility index (Phi) is 13.7. The first-order valence-electron chi connectivity index (χ1n) is 17.4. The number of hydrogen-bond acceptors (Lipinski definition) is 15. The van der Waals surface area contributed by atoms with Crippen molar-refractivity contribution in [3.05, 3.63) is 149 Å². The summed E-state index contributed by atoms with van der Waals surface area (Å²) in [5.74, 6) is -3.51. The number of nitrogens with one attached hydrogen (secondary N) is 1. The van der Waals surface area contributed by atoms with Crippen molar-refractivity contribution in [2.75, 3.05) is 18.2 Å². The van der Waals surface area contributed by atoms with Crippen molar-refractivity contribution < 1.29 is 52.3 Å². The normalized spacial score (nSPS) is 13.6. The van der Waals surface area contributed by atoms with Gasteiger partial charge in [-0.1, -0.05) is 51.1 Å². The predicted octanol–water partition coefficient (Wildman–Crippen LogP) is 8.74. The monoisotopic (exact) mass is 891 g/mol. The van der Waals surface area contributed by atoms with Gasteiger partial charge in [0, 0.05) is 32.5 Å². The lowest BCUT2D eigenvalue weighted by molar-refractivity contribution is -0.789. The minimum Gasteiger partial charge on any atom is -0.426 e. The molecule has 0 fully saturated rings. The number of halogens is 1. The molecular weight excluding hydrogens is 862 g/mol. The molecule has 0 spiro atoms. The number of benzene rings is 4. The fraction of sp³-hybridized carbons (Fsp3) is 0.150. The molecule has 0 radical (unpaired) electrons. The van der Waals surface area contributed by atoms with Crippen LogP contribution in [-0.2, 0) is 30.1 Å². The summed E-state index contributed by atoms with van der Waals surface area (Å²) in [7, 11) is 1.76. The molecule has 5 aromatic rings. The zero-order valence-electron chi connectivity index (χ0n) is 31.2. The first-order valence-corrected chi connectivity index (χ1v) is 21.6. The van der Waals surface area contributed by atoms with E-state index < -0.39 is 63.8 Å². The Morgan fingerprint density at radius 1 is 0.917 bits per heavy atom. The van der Waals surface area contributed by atoms with E-state index in [1.807, 2.05) is 31.2 Å². The third kappa shape index (κ3) is 11.0. The van der Waals surface area contributed by atoms with E-state index in [-0.39, 0.29) is 29.2 Å². The number of allylic oxidation sites excluding steroid dienone is 2. The molecule has 1 aromatic heterocycles. The third-order valence-electron chi connectivity index (χ3n) is 8.83. The summed E-state index contributed by atoms with van der Waals surface area (Å²) in [6, 6.07) is 23.5. The van der Waals surface area contributed by atoms with Crippen molar-refractivity contribution in [3.63, 3.8) is 0 Å². The molecule has 308 valence electrons. The van der Waals surface area contributed by atoms with E-state index in [1.165, 1.54) is 63.1 Å². The van der Waals surface area contributed by atoms with Crippen molar-refractivity contribution in [1.29, 1.82) is 0 Å². The van der Waals surface area contributed by atoms with Gasteiger partial charge in [0.15, 0.2) is 0 Å². The van der Waals surface area contributed by atoms with Crippen LogP contribution in [0.2, 0.25) is 0 Å². The van der Waals surface area contributed by atoms with Crippen molar-refractivity contribution in [2.24, 2.45) is 0 Å². The molecule has 0 saturated carbocycles. The molecule has 0 bridgehead atoms. The second kappa shape index (κ2) is 19.1. The number of rotatable bonds is 16. The summed E-state index contributed by atoms with van der Waals surface area (Å²) in [6.07, 6.45) is 0.638. The van der Waals surface area contributed by atoms with Crippen molar-refractivity contribution >= 4 is 84.5 Å². The Morgan fingerprint density at radius 2 is 1.65 bits per heavy atom. The fourth-order valence-corrected chi connectivity index (χ4v) is 9.01. The molecule has 2 atom stereocenters. The maximum Gasteiger partial charge on any atom is 0.347 e. The van der Waals surface area contributed by atoms with Crippen LogP contribution in [0.3, 0.4) is 0 Å². The highest BCUT2D eigenvalue weighted by molar-refractivity contribution is 7.84. The van der Waals surface area contributed by atoms with Gasteiger partial charge in [0.25, 0.3) is 10.2 Å². The van der Waals surface area contributed by atoms with E-state index in [2.05, 4.69) is 15.0 Å². The SMILES string of the molecule is CC1=C(CC(=O)Nc2ccc(OC(=O)CC(CO[N+](=O)[O-])O[N+](=O)[O-])c(C(=O)Oc3ccc(-c4cc(=S)ss4)cc3)c2)c2cc(F)ccc2/C1=C\c1ccc(S(C)=O)cc1. The Bertz CT molecular complexity index is 2660. The van der Waals surface area contributed by atoms with Crippen LogP contribution in [0.4, 0.5) is 10.1 Å². The summed E-state index contributed by atoms with van der Waals surface area (Å²) >= 11 is 5.21. The third-order valence-corrected chi connectivity index (χ3v) is 12.7. The van der Waals surface area contributed by atoms with E-state index in [9.17, 15) is 43.2 Å². The fourth-order valence-electron chi connectivity index (χ4n) is 6.09. The minimum atomic E-state index is -1.73. The zero-order valence-corrected chi connectivity index (χ0v) is 34.5. The largest absolute Gasteiger partial charge is 0.426 e. The van der Waals surface area contributed by atoms with Crippen LogP contribution in [0.25, 0.3) is 27.7 Å². The van der Waals surface area contributed by atoms with Gasteiger partial charge in [0.2, 0.25) is 5.91 Å². The lowest BCUT2D eigenvalue weighted by Gasteiger charge is -2.15. The molecule has 1 aliphatic rings. The van der Waals surface area contributed by atoms with E-state index in [1.54, 1.807) is 36.6 Å². The van der Waals surface area contributed by atoms with Gasteiger partial charge in [-0.15, -0.1) is 20.2 Å². The highest BCUT2D eigenvalue weighted by atomic mass is 32.9. The molecule has 20 heteroatoms. The van der Waals surface area contributed by atoms with E-state index in [4.69, 9.17) is 21.7 Å². The van der Waals surface area contributed by atoms with Crippen LogP contribution in [-0.4, -0.2) is 51.2 Å². The lowest BCUT2D eigenvalue weighted by Crippen LogP contribution is -2.29. The average Bonchev–Trinajstić information content (AvgIpc) is 3.74. The van der Waals surface area contributed by atoms with Gasteiger partial charge in [0.1, 0.15) is 39.4 Å². The van der Waals surface area contributed by atoms with E-state index in [0.29, 0.717) is 25.4 Å². The molecular formula is C40H30FN3O12S4. The minimum absolute atomic E-state index is 0.0783. The molecule has 60 heavy (non-hydrogen) atoms. The lowest BCUT2D eigenvalue weighted by atomic mass is 10.0. The number of amides is 1. The molecule has 0 aliphatic heterocycles. The molecule has 1 aliphatic carbocycles. The summed E-state index contributed by atoms with van der Waals surface area (Å²) in [5, 5.41) is 21.8. The Labute approximate surface area is 354 Å². The second-order valence-electron chi connectivity index (χ2n) is 12.9. The van der Waals surface area contributed by atoms with Gasteiger partial charge in [-0.3, -0.25) is 13.8 Å². The summed E-state index contributed by atoms with van der Waals surface area (Å²) in [6.45, 7) is 0.839. The van der Waals surface area contributed by atoms with Crippen LogP contribution in [0.5, 0.6) is 11.5 Å². The average molecular weight is 892 g/mol. The van der Waals surface area contributed by atoms with Gasteiger partial charge in [-0.05, 0) is 125 Å². The molecule has 0 saturated heterocycles. The first kappa shape index (κ1) is 43.1. The Morgan fingerprint density at radius 3 is 2.30 bits per heavy atom. The van der Waals surface area contributed by atoms with Crippen LogP contribution in [0.1, 0.15) is 46.8 Å². The van der Waals surface area contributed by atoms with Crippen LogP contribution < -0.4 is 14.8 Å². The van der Waals surface area contributed by atoms with Crippen molar-refractivity contribution in [2.45, 2.75) is 30.8 Å². The van der Waals surface area contributed by atoms with Gasteiger partial charge in [-0.25, -0.2) is 9.18 Å². The molecule has 1 heterocycles. The molecule has 2 unspecified atom stereocenters. The highest BCUT2D eigenvalue weighted by Gasteiger charge is 2.27. The van der Waals surface area contributed by atoms with Gasteiger partial charge in [0.05, 0.1) is 12.8 Å². The molecule has 15 nitrogen and oxygen atoms in total. The topological polar surface area (TPSA) is 204 Å². The zero-order chi connectivity index (χ0) is 43.1. The number of esters is 2. The maximum atomic E-state index is 14.6. The molecule has 1 N–H and O–H groups in total. The highest BCUT2D eigenvalue weighted by Crippen LogP contribution is 2.44. The molecule has 1 amide bonds. The molecule has 6 rings (SSSR count). The summed E-state index contributed by atoms with van der Waals surface area (Å²) in [5.41, 5.74) is 4.62. The van der Waals surface area contributed by atoms with Gasteiger partial charge >= 0.3 is 11.9 Å². The number of anilines is 1. The van der Waals surface area contributed by atoms with Crippen LogP contribution in [0, 0.1) is 29.9 Å². The smallest absolute Gasteiger partial charge is 0.347 e. The Hall–Kier alpha value is -6.48. The quantitative estimate of drug-likeness (QED) is 0.0246.